The van der Waals surface area contributed by atoms with Gasteiger partial charge in [-0.05, 0) is 19.1 Å². The Morgan fingerprint density at radius 3 is 2.85 bits per heavy atom. The van der Waals surface area contributed by atoms with Crippen molar-refractivity contribution in [3.63, 3.8) is 0 Å². The first-order valence-electron chi connectivity index (χ1n) is 3.67. The second kappa shape index (κ2) is 3.80. The fourth-order valence-electron chi connectivity index (χ4n) is 0.932. The highest BCUT2D eigenvalue weighted by Crippen LogP contribution is 2.11. The summed E-state index contributed by atoms with van der Waals surface area (Å²) in [6, 6.07) is 4.45. The van der Waals surface area contributed by atoms with Crippen LogP contribution < -0.4 is 0 Å². The fraction of sp³-hybridized carbons (Fsp3) is 0.111. The summed E-state index contributed by atoms with van der Waals surface area (Å²) in [6.45, 7) is 1.79. The highest BCUT2D eigenvalue weighted by atomic mass is 19.1. The summed E-state index contributed by atoms with van der Waals surface area (Å²) in [7, 11) is 0. The third kappa shape index (κ3) is 2.66. The van der Waals surface area contributed by atoms with Crippen LogP contribution in [0.4, 0.5) is 4.39 Å². The van der Waals surface area contributed by atoms with Gasteiger partial charge in [-0.25, -0.2) is 4.39 Å². The monoisotopic (exact) mass is 181 g/mol. The Morgan fingerprint density at radius 2 is 2.23 bits per heavy atom. The van der Waals surface area contributed by atoms with Crippen molar-refractivity contribution in [1.29, 1.82) is 0 Å². The molecule has 1 aromatic rings. The molecule has 4 heteroatoms. The minimum atomic E-state index is -0.623. The number of halogens is 1. The van der Waals surface area contributed by atoms with Crippen LogP contribution in [0.1, 0.15) is 11.1 Å². The van der Waals surface area contributed by atoms with Gasteiger partial charge in [-0.1, -0.05) is 11.6 Å². The van der Waals surface area contributed by atoms with E-state index in [1.54, 1.807) is 19.1 Å². The van der Waals surface area contributed by atoms with Crippen molar-refractivity contribution < 1.29 is 9.31 Å². The first-order chi connectivity index (χ1) is 6.09. The molecule has 0 aliphatic rings. The lowest BCUT2D eigenvalue weighted by molar-refractivity contribution is -0.400. The standard InChI is InChI=1S/C9H8FNO2/c1-7-2-3-9(10)8(6-7)4-5-11(12)13/h2-6H,1H3. The van der Waals surface area contributed by atoms with E-state index in [0.717, 1.165) is 17.8 Å². The van der Waals surface area contributed by atoms with Crippen molar-refractivity contribution in [2.24, 2.45) is 0 Å². The van der Waals surface area contributed by atoms with Gasteiger partial charge in [0.2, 0.25) is 6.20 Å². The minimum Gasteiger partial charge on any atom is -0.259 e. The predicted molar refractivity (Wildman–Crippen MR) is 47.2 cm³/mol. The van der Waals surface area contributed by atoms with Gasteiger partial charge in [-0.15, -0.1) is 0 Å². The predicted octanol–water partition coefficient (Wildman–Crippen LogP) is 2.38. The second-order valence-corrected chi connectivity index (χ2v) is 2.63. The van der Waals surface area contributed by atoms with Crippen molar-refractivity contribution >= 4 is 6.08 Å². The number of rotatable bonds is 2. The molecular weight excluding hydrogens is 173 g/mol. The summed E-state index contributed by atoms with van der Waals surface area (Å²) in [4.78, 5) is 9.34. The average molecular weight is 181 g/mol. The van der Waals surface area contributed by atoms with E-state index in [-0.39, 0.29) is 5.56 Å². The molecule has 0 saturated heterocycles. The number of aryl methyl sites for hydroxylation is 1. The van der Waals surface area contributed by atoms with Crippen LogP contribution in [-0.4, -0.2) is 4.92 Å². The fourth-order valence-corrected chi connectivity index (χ4v) is 0.932. The van der Waals surface area contributed by atoms with Crippen molar-refractivity contribution in [2.75, 3.05) is 0 Å². The molecule has 13 heavy (non-hydrogen) atoms. The van der Waals surface area contributed by atoms with Crippen molar-refractivity contribution in [2.45, 2.75) is 6.92 Å². The van der Waals surface area contributed by atoms with Gasteiger partial charge >= 0.3 is 0 Å². The largest absolute Gasteiger partial charge is 0.259 e. The maximum atomic E-state index is 12.9. The molecule has 0 aromatic heterocycles. The van der Waals surface area contributed by atoms with E-state index >= 15 is 0 Å². The number of hydrogen-bond acceptors (Lipinski definition) is 2. The zero-order valence-corrected chi connectivity index (χ0v) is 7.03. The zero-order valence-electron chi connectivity index (χ0n) is 7.03. The van der Waals surface area contributed by atoms with E-state index in [9.17, 15) is 14.5 Å². The molecule has 0 heterocycles. The van der Waals surface area contributed by atoms with E-state index in [0.29, 0.717) is 0 Å². The zero-order chi connectivity index (χ0) is 9.84. The molecule has 0 bridgehead atoms. The van der Waals surface area contributed by atoms with E-state index in [1.165, 1.54) is 6.07 Å². The SMILES string of the molecule is Cc1ccc(F)c(C=C[N+](=O)[O-])c1. The van der Waals surface area contributed by atoms with Crippen LogP contribution in [0.15, 0.2) is 24.4 Å². The molecule has 0 unspecified atom stereocenters. The van der Waals surface area contributed by atoms with Crippen LogP contribution in [0.3, 0.4) is 0 Å². The van der Waals surface area contributed by atoms with E-state index < -0.39 is 10.7 Å². The maximum Gasteiger partial charge on any atom is 0.235 e. The molecular formula is C9H8FNO2. The molecule has 1 rings (SSSR count). The molecule has 0 amide bonds. The number of hydrogen-bond donors (Lipinski definition) is 0. The summed E-state index contributed by atoms with van der Waals surface area (Å²) in [5, 5.41) is 9.97. The van der Waals surface area contributed by atoms with Gasteiger partial charge in [0.25, 0.3) is 0 Å². The number of nitro groups is 1. The molecule has 0 saturated carbocycles. The van der Waals surface area contributed by atoms with E-state index in [1.807, 2.05) is 0 Å². The van der Waals surface area contributed by atoms with Crippen molar-refractivity contribution in [1.82, 2.24) is 0 Å². The maximum absolute atomic E-state index is 12.9. The minimum absolute atomic E-state index is 0.233. The summed E-state index contributed by atoms with van der Waals surface area (Å²) in [5.41, 5.74) is 1.10. The van der Waals surface area contributed by atoms with E-state index in [4.69, 9.17) is 0 Å². The summed E-state index contributed by atoms with van der Waals surface area (Å²) >= 11 is 0. The molecule has 0 aliphatic carbocycles. The molecule has 0 fully saturated rings. The molecule has 3 nitrogen and oxygen atoms in total. The lowest BCUT2D eigenvalue weighted by atomic mass is 10.1. The molecule has 0 atom stereocenters. The molecule has 0 spiro atoms. The summed E-state index contributed by atoms with van der Waals surface area (Å²) in [6.07, 6.45) is 1.86. The smallest absolute Gasteiger partial charge is 0.235 e. The Morgan fingerprint density at radius 1 is 1.54 bits per heavy atom. The van der Waals surface area contributed by atoms with Crippen LogP contribution in [0.5, 0.6) is 0 Å². The van der Waals surface area contributed by atoms with Gasteiger partial charge in [-0.2, -0.15) is 0 Å². The van der Waals surface area contributed by atoms with E-state index in [2.05, 4.69) is 0 Å². The van der Waals surface area contributed by atoms with Gasteiger partial charge in [0.1, 0.15) is 5.82 Å². The topological polar surface area (TPSA) is 43.1 Å². The van der Waals surface area contributed by atoms with Crippen LogP contribution >= 0.6 is 0 Å². The Balaban J connectivity index is 3.00. The lowest BCUT2D eigenvalue weighted by Crippen LogP contribution is -1.86. The molecule has 0 aliphatic heterocycles. The number of nitrogens with zero attached hydrogens (tertiary/aromatic N) is 1. The highest BCUT2D eigenvalue weighted by molar-refractivity contribution is 5.49. The van der Waals surface area contributed by atoms with Crippen LogP contribution in [-0.2, 0) is 0 Å². The van der Waals surface area contributed by atoms with Gasteiger partial charge in [-0.3, -0.25) is 10.1 Å². The average Bonchev–Trinajstić information content (AvgIpc) is 2.06. The first kappa shape index (κ1) is 9.38. The lowest BCUT2D eigenvalue weighted by Gasteiger charge is -1.96. The third-order valence-electron chi connectivity index (χ3n) is 1.53. The number of benzene rings is 1. The second-order valence-electron chi connectivity index (χ2n) is 2.63. The van der Waals surface area contributed by atoms with Crippen LogP contribution in [0.2, 0.25) is 0 Å². The molecule has 0 radical (unpaired) electrons. The Bertz CT molecular complexity index is 361. The Labute approximate surface area is 74.7 Å². The normalized spacial score (nSPS) is 10.6. The van der Waals surface area contributed by atoms with Crippen LogP contribution in [0.25, 0.3) is 6.08 Å². The van der Waals surface area contributed by atoms with Crippen molar-refractivity contribution in [3.8, 4) is 0 Å². The third-order valence-corrected chi connectivity index (χ3v) is 1.53. The molecule has 68 valence electrons. The Hall–Kier alpha value is -1.71. The molecule has 1 aromatic carbocycles. The van der Waals surface area contributed by atoms with Gasteiger partial charge < -0.3 is 0 Å². The van der Waals surface area contributed by atoms with Gasteiger partial charge in [0, 0.05) is 11.6 Å². The highest BCUT2D eigenvalue weighted by Gasteiger charge is 1.99. The Kier molecular flexibility index (Phi) is 2.74. The summed E-state index contributed by atoms with van der Waals surface area (Å²) in [5.74, 6) is -0.455. The van der Waals surface area contributed by atoms with Gasteiger partial charge in [0.15, 0.2) is 0 Å². The summed E-state index contributed by atoms with van der Waals surface area (Å²) < 4.78 is 12.9. The van der Waals surface area contributed by atoms with Gasteiger partial charge in [0.05, 0.1) is 4.92 Å². The molecule has 0 N–H and O–H groups in total. The van der Waals surface area contributed by atoms with Crippen molar-refractivity contribution in [3.05, 3.63) is 51.5 Å². The van der Waals surface area contributed by atoms with Crippen LogP contribution in [0, 0.1) is 22.9 Å². The first-order valence-corrected chi connectivity index (χ1v) is 3.67. The quantitative estimate of drug-likeness (QED) is 0.519.